The number of hydrogen-bond donors (Lipinski definition) is 0. The Kier molecular flexibility index (Phi) is 3.79. The molecule has 1 aromatic heterocycles. The molecule has 0 spiro atoms. The van der Waals surface area contributed by atoms with Gasteiger partial charge in [0.25, 0.3) is 0 Å². The van der Waals surface area contributed by atoms with Gasteiger partial charge in [-0.05, 0) is 23.8 Å². The quantitative estimate of drug-likeness (QED) is 0.808. The lowest BCUT2D eigenvalue weighted by Gasteiger charge is -2.18. The highest BCUT2D eigenvalue weighted by Crippen LogP contribution is 2.24. The van der Waals surface area contributed by atoms with Crippen LogP contribution in [0.25, 0.3) is 11.8 Å². The zero-order valence-corrected chi connectivity index (χ0v) is 11.7. The SMILES string of the molecule is CC(C)(C)C(=O)/C(=C/c1ccc(F)cc1)n1cncn1. The predicted octanol–water partition coefficient (Wildman–Crippen LogP) is 3.03. The van der Waals surface area contributed by atoms with Crippen LogP contribution in [-0.2, 0) is 4.79 Å². The second kappa shape index (κ2) is 5.36. The molecule has 0 saturated heterocycles. The number of hydrogen-bond acceptors (Lipinski definition) is 3. The Bertz CT molecular complexity index is 622. The standard InChI is InChI=1S/C15H16FN3O/c1-15(2,3)14(20)13(19-10-17-9-18-19)8-11-4-6-12(16)7-5-11/h4-10H,1-3H3/b13-8-. The first-order chi connectivity index (χ1) is 9.38. The van der Waals surface area contributed by atoms with Gasteiger partial charge in [0.2, 0.25) is 0 Å². The Labute approximate surface area is 117 Å². The van der Waals surface area contributed by atoms with Crippen molar-refractivity contribution in [3.63, 3.8) is 0 Å². The number of rotatable bonds is 3. The monoisotopic (exact) mass is 273 g/mol. The third-order valence-electron chi connectivity index (χ3n) is 2.75. The third kappa shape index (κ3) is 3.17. The van der Waals surface area contributed by atoms with Crippen molar-refractivity contribution >= 4 is 17.6 Å². The molecule has 0 aliphatic heterocycles. The van der Waals surface area contributed by atoms with Crippen molar-refractivity contribution in [2.24, 2.45) is 5.41 Å². The minimum absolute atomic E-state index is 0.0627. The topological polar surface area (TPSA) is 47.8 Å². The van der Waals surface area contributed by atoms with Gasteiger partial charge < -0.3 is 0 Å². The average Bonchev–Trinajstić information content (AvgIpc) is 2.90. The summed E-state index contributed by atoms with van der Waals surface area (Å²) < 4.78 is 14.4. The zero-order chi connectivity index (χ0) is 14.8. The molecule has 2 aromatic rings. The Morgan fingerprint density at radius 1 is 1.25 bits per heavy atom. The van der Waals surface area contributed by atoms with Crippen molar-refractivity contribution in [3.05, 3.63) is 48.3 Å². The van der Waals surface area contributed by atoms with Crippen LogP contribution in [0.2, 0.25) is 0 Å². The molecule has 0 fully saturated rings. The molecule has 0 N–H and O–H groups in total. The van der Waals surface area contributed by atoms with Crippen molar-refractivity contribution in [2.45, 2.75) is 20.8 Å². The van der Waals surface area contributed by atoms with Gasteiger partial charge in [-0.1, -0.05) is 32.9 Å². The lowest BCUT2D eigenvalue weighted by molar-refractivity contribution is -0.120. The molecule has 2 rings (SSSR count). The molecule has 4 nitrogen and oxygen atoms in total. The van der Waals surface area contributed by atoms with Crippen LogP contribution >= 0.6 is 0 Å². The summed E-state index contributed by atoms with van der Waals surface area (Å²) in [7, 11) is 0. The Morgan fingerprint density at radius 2 is 1.90 bits per heavy atom. The van der Waals surface area contributed by atoms with Crippen LogP contribution in [0.1, 0.15) is 26.3 Å². The van der Waals surface area contributed by atoms with E-state index in [1.54, 1.807) is 18.2 Å². The van der Waals surface area contributed by atoms with Gasteiger partial charge in [-0.15, -0.1) is 0 Å². The van der Waals surface area contributed by atoms with E-state index in [2.05, 4.69) is 10.1 Å². The molecule has 0 atom stereocenters. The highest BCUT2D eigenvalue weighted by atomic mass is 19.1. The minimum Gasteiger partial charge on any atom is -0.292 e. The summed E-state index contributed by atoms with van der Waals surface area (Å²) in [5, 5.41) is 4.01. The zero-order valence-electron chi connectivity index (χ0n) is 11.7. The number of carbonyl (C=O) groups is 1. The largest absolute Gasteiger partial charge is 0.292 e. The summed E-state index contributed by atoms with van der Waals surface area (Å²) in [6.07, 6.45) is 4.52. The summed E-state index contributed by atoms with van der Waals surface area (Å²) in [6, 6.07) is 5.93. The maximum absolute atomic E-state index is 12.9. The fourth-order valence-electron chi connectivity index (χ4n) is 1.67. The molecule has 0 amide bonds. The molecule has 0 saturated carbocycles. The summed E-state index contributed by atoms with van der Waals surface area (Å²) >= 11 is 0. The van der Waals surface area contributed by atoms with E-state index in [9.17, 15) is 9.18 Å². The van der Waals surface area contributed by atoms with E-state index in [-0.39, 0.29) is 11.6 Å². The maximum atomic E-state index is 12.9. The van der Waals surface area contributed by atoms with Crippen molar-refractivity contribution in [1.82, 2.24) is 14.8 Å². The molecule has 0 aliphatic carbocycles. The first kappa shape index (κ1) is 14.1. The Balaban J connectivity index is 2.47. The molecule has 1 aromatic carbocycles. The van der Waals surface area contributed by atoms with Crippen LogP contribution < -0.4 is 0 Å². The highest BCUT2D eigenvalue weighted by molar-refractivity contribution is 6.21. The molecule has 104 valence electrons. The molecular weight excluding hydrogens is 257 g/mol. The molecule has 0 radical (unpaired) electrons. The van der Waals surface area contributed by atoms with E-state index >= 15 is 0 Å². The van der Waals surface area contributed by atoms with Crippen LogP contribution in [0, 0.1) is 11.2 Å². The second-order valence-corrected chi connectivity index (χ2v) is 5.50. The van der Waals surface area contributed by atoms with E-state index in [4.69, 9.17) is 0 Å². The van der Waals surface area contributed by atoms with Crippen LogP contribution in [0.4, 0.5) is 4.39 Å². The number of benzene rings is 1. The molecule has 5 heteroatoms. The number of halogens is 1. The van der Waals surface area contributed by atoms with Crippen LogP contribution in [0.15, 0.2) is 36.9 Å². The van der Waals surface area contributed by atoms with Crippen molar-refractivity contribution in [2.75, 3.05) is 0 Å². The van der Waals surface area contributed by atoms with Crippen molar-refractivity contribution < 1.29 is 9.18 Å². The fraction of sp³-hybridized carbons (Fsp3) is 0.267. The van der Waals surface area contributed by atoms with Crippen molar-refractivity contribution in [1.29, 1.82) is 0 Å². The number of allylic oxidation sites excluding steroid dienone is 1. The van der Waals surface area contributed by atoms with Gasteiger partial charge in [-0.3, -0.25) is 4.79 Å². The number of Topliss-reactive ketones (excluding diaryl/α,β-unsaturated/α-hetero) is 1. The second-order valence-electron chi connectivity index (χ2n) is 5.50. The summed E-state index contributed by atoms with van der Waals surface area (Å²) in [4.78, 5) is 16.4. The molecule has 20 heavy (non-hydrogen) atoms. The lowest BCUT2D eigenvalue weighted by atomic mass is 9.88. The first-order valence-electron chi connectivity index (χ1n) is 6.25. The number of ketones is 1. The van der Waals surface area contributed by atoms with Gasteiger partial charge in [-0.25, -0.2) is 14.1 Å². The summed E-state index contributed by atoms with van der Waals surface area (Å²) in [5.74, 6) is -0.376. The van der Waals surface area contributed by atoms with E-state index in [0.717, 1.165) is 5.56 Å². The predicted molar refractivity (Wildman–Crippen MR) is 75.1 cm³/mol. The molecule has 0 aliphatic rings. The highest BCUT2D eigenvalue weighted by Gasteiger charge is 2.26. The first-order valence-corrected chi connectivity index (χ1v) is 6.25. The van der Waals surface area contributed by atoms with Crippen molar-refractivity contribution in [3.8, 4) is 0 Å². The maximum Gasteiger partial charge on any atom is 0.186 e. The molecule has 1 heterocycles. The number of carbonyl (C=O) groups excluding carboxylic acids is 1. The Hall–Kier alpha value is -2.30. The van der Waals surface area contributed by atoms with Crippen LogP contribution in [0.5, 0.6) is 0 Å². The van der Waals surface area contributed by atoms with E-state index in [0.29, 0.717) is 5.70 Å². The van der Waals surface area contributed by atoms with E-state index < -0.39 is 5.41 Å². The molecule has 0 unspecified atom stereocenters. The Morgan fingerprint density at radius 3 is 2.40 bits per heavy atom. The third-order valence-corrected chi connectivity index (χ3v) is 2.75. The van der Waals surface area contributed by atoms with Crippen LogP contribution in [-0.4, -0.2) is 20.5 Å². The molecule has 0 bridgehead atoms. The summed E-state index contributed by atoms with van der Waals surface area (Å²) in [5.41, 5.74) is 0.591. The average molecular weight is 273 g/mol. The van der Waals surface area contributed by atoms with Gasteiger partial charge >= 0.3 is 0 Å². The van der Waals surface area contributed by atoms with Crippen LogP contribution in [0.3, 0.4) is 0 Å². The van der Waals surface area contributed by atoms with Gasteiger partial charge in [-0.2, -0.15) is 5.10 Å². The van der Waals surface area contributed by atoms with Gasteiger partial charge in [0, 0.05) is 5.41 Å². The summed E-state index contributed by atoms with van der Waals surface area (Å²) in [6.45, 7) is 5.51. The van der Waals surface area contributed by atoms with Gasteiger partial charge in [0.05, 0.1) is 0 Å². The number of nitrogens with zero attached hydrogens (tertiary/aromatic N) is 3. The number of aromatic nitrogens is 3. The van der Waals surface area contributed by atoms with Gasteiger partial charge in [0.15, 0.2) is 5.78 Å². The smallest absolute Gasteiger partial charge is 0.186 e. The minimum atomic E-state index is -0.544. The van der Waals surface area contributed by atoms with Gasteiger partial charge in [0.1, 0.15) is 24.2 Å². The lowest BCUT2D eigenvalue weighted by Crippen LogP contribution is -2.24. The van der Waals surface area contributed by atoms with E-state index in [1.165, 1.54) is 29.5 Å². The fourth-order valence-corrected chi connectivity index (χ4v) is 1.67. The normalized spacial score (nSPS) is 12.5. The van der Waals surface area contributed by atoms with E-state index in [1.807, 2.05) is 20.8 Å². The molecular formula is C15H16FN3O.